The van der Waals surface area contributed by atoms with Gasteiger partial charge in [0.2, 0.25) is 5.91 Å². The summed E-state index contributed by atoms with van der Waals surface area (Å²) in [7, 11) is 0. The van der Waals surface area contributed by atoms with Gasteiger partial charge >= 0.3 is 0 Å². The van der Waals surface area contributed by atoms with Crippen molar-refractivity contribution in [2.45, 2.75) is 34.6 Å². The lowest BCUT2D eigenvalue weighted by Gasteiger charge is -2.36. The summed E-state index contributed by atoms with van der Waals surface area (Å²) in [5, 5.41) is 0. The van der Waals surface area contributed by atoms with Crippen LogP contribution in [0.3, 0.4) is 0 Å². The lowest BCUT2D eigenvalue weighted by Crippen LogP contribution is -2.49. The molecule has 148 valence electrons. The van der Waals surface area contributed by atoms with Gasteiger partial charge in [0.25, 0.3) is 5.91 Å². The molecule has 0 unspecified atom stereocenters. The third-order valence-corrected chi connectivity index (χ3v) is 5.71. The van der Waals surface area contributed by atoms with E-state index in [4.69, 9.17) is 10.7 Å². The zero-order valence-electron chi connectivity index (χ0n) is 17.3. The lowest BCUT2D eigenvalue weighted by molar-refractivity contribution is 0.0740. The standard InChI is InChI=1S/C22H28N4O2/c1-13-6-7-18(20(23)27)19(16(13)4)22(28)26-10-8-25(9-11-26)21-15(3)12-14(2)17(5)24-21/h6-7,12H,8-11H2,1-5H3,(H2,23,27). The van der Waals surface area contributed by atoms with Gasteiger partial charge < -0.3 is 15.5 Å². The van der Waals surface area contributed by atoms with Crippen molar-refractivity contribution in [3.05, 3.63) is 57.3 Å². The maximum absolute atomic E-state index is 13.2. The number of hydrogen-bond donors (Lipinski definition) is 1. The van der Waals surface area contributed by atoms with Gasteiger partial charge in [-0.3, -0.25) is 9.59 Å². The van der Waals surface area contributed by atoms with Crippen LogP contribution in [0.2, 0.25) is 0 Å². The van der Waals surface area contributed by atoms with Crippen molar-refractivity contribution in [2.75, 3.05) is 31.1 Å². The normalized spacial score (nSPS) is 14.3. The maximum Gasteiger partial charge on any atom is 0.255 e. The molecule has 1 fully saturated rings. The minimum Gasteiger partial charge on any atom is -0.366 e. The quantitative estimate of drug-likeness (QED) is 0.888. The minimum atomic E-state index is -0.569. The van der Waals surface area contributed by atoms with Crippen LogP contribution in [0.5, 0.6) is 0 Å². The SMILES string of the molecule is Cc1cc(C)c(N2CCN(C(=O)c3c(C(N)=O)ccc(C)c3C)CC2)nc1C. The van der Waals surface area contributed by atoms with Crippen molar-refractivity contribution in [3.8, 4) is 0 Å². The molecule has 0 saturated carbocycles. The second-order valence-corrected chi connectivity index (χ2v) is 7.60. The molecule has 6 heteroatoms. The number of nitrogens with two attached hydrogens (primary N) is 1. The minimum absolute atomic E-state index is 0.126. The van der Waals surface area contributed by atoms with Crippen molar-refractivity contribution < 1.29 is 9.59 Å². The van der Waals surface area contributed by atoms with Crippen LogP contribution >= 0.6 is 0 Å². The number of benzene rings is 1. The number of carbonyl (C=O) groups excluding carboxylic acids is 2. The highest BCUT2D eigenvalue weighted by Gasteiger charge is 2.27. The predicted molar refractivity (Wildman–Crippen MR) is 111 cm³/mol. The first-order valence-electron chi connectivity index (χ1n) is 9.59. The van der Waals surface area contributed by atoms with E-state index in [9.17, 15) is 9.59 Å². The van der Waals surface area contributed by atoms with Crippen LogP contribution in [0.4, 0.5) is 5.82 Å². The Morgan fingerprint density at radius 1 is 0.929 bits per heavy atom. The van der Waals surface area contributed by atoms with E-state index in [1.54, 1.807) is 11.0 Å². The Morgan fingerprint density at radius 2 is 1.57 bits per heavy atom. The monoisotopic (exact) mass is 380 g/mol. The summed E-state index contributed by atoms with van der Waals surface area (Å²) in [6.45, 7) is 12.5. The van der Waals surface area contributed by atoms with Crippen molar-refractivity contribution in [2.24, 2.45) is 5.73 Å². The number of aromatic nitrogens is 1. The van der Waals surface area contributed by atoms with E-state index in [0.717, 1.165) is 28.2 Å². The third-order valence-electron chi connectivity index (χ3n) is 5.71. The first-order valence-corrected chi connectivity index (χ1v) is 9.59. The molecule has 1 aliphatic rings. The topological polar surface area (TPSA) is 79.5 Å². The Hall–Kier alpha value is -2.89. The van der Waals surface area contributed by atoms with Gasteiger partial charge in [0.1, 0.15) is 5.82 Å². The fraction of sp³-hybridized carbons (Fsp3) is 0.409. The van der Waals surface area contributed by atoms with Crippen LogP contribution < -0.4 is 10.6 Å². The number of amides is 2. The summed E-state index contributed by atoms with van der Waals surface area (Å²) in [6.07, 6.45) is 0. The van der Waals surface area contributed by atoms with E-state index in [1.807, 2.05) is 26.8 Å². The van der Waals surface area contributed by atoms with Gasteiger partial charge in [0.05, 0.1) is 11.1 Å². The fourth-order valence-electron chi connectivity index (χ4n) is 3.73. The largest absolute Gasteiger partial charge is 0.366 e. The molecule has 1 aliphatic heterocycles. The molecule has 2 amide bonds. The highest BCUT2D eigenvalue weighted by molar-refractivity contribution is 6.08. The van der Waals surface area contributed by atoms with Crippen LogP contribution in [0.25, 0.3) is 0 Å². The summed E-state index contributed by atoms with van der Waals surface area (Å²) in [4.78, 5) is 33.8. The van der Waals surface area contributed by atoms with E-state index >= 15 is 0 Å². The summed E-state index contributed by atoms with van der Waals surface area (Å²) in [6, 6.07) is 5.64. The zero-order chi connectivity index (χ0) is 20.6. The summed E-state index contributed by atoms with van der Waals surface area (Å²) in [5.74, 6) is 0.291. The van der Waals surface area contributed by atoms with E-state index in [-0.39, 0.29) is 5.91 Å². The summed E-state index contributed by atoms with van der Waals surface area (Å²) >= 11 is 0. The molecule has 0 radical (unpaired) electrons. The maximum atomic E-state index is 13.2. The summed E-state index contributed by atoms with van der Waals surface area (Å²) in [5.41, 5.74) is 11.4. The van der Waals surface area contributed by atoms with E-state index in [2.05, 4.69) is 24.8 Å². The van der Waals surface area contributed by atoms with E-state index < -0.39 is 5.91 Å². The number of aryl methyl sites for hydroxylation is 4. The smallest absolute Gasteiger partial charge is 0.255 e. The number of pyridine rings is 1. The molecule has 1 saturated heterocycles. The van der Waals surface area contributed by atoms with Crippen LogP contribution in [-0.2, 0) is 0 Å². The molecule has 0 aliphatic carbocycles. The van der Waals surface area contributed by atoms with Gasteiger partial charge in [0, 0.05) is 31.9 Å². The van der Waals surface area contributed by atoms with Gasteiger partial charge in [-0.05, 0) is 62.9 Å². The molecule has 2 aromatic rings. The van der Waals surface area contributed by atoms with Crippen molar-refractivity contribution in [3.63, 3.8) is 0 Å². The van der Waals surface area contributed by atoms with E-state index in [1.165, 1.54) is 5.56 Å². The highest BCUT2D eigenvalue weighted by Crippen LogP contribution is 2.24. The van der Waals surface area contributed by atoms with Crippen LogP contribution in [-0.4, -0.2) is 47.9 Å². The molecule has 3 rings (SSSR count). The first kappa shape index (κ1) is 19.9. The van der Waals surface area contributed by atoms with Crippen molar-refractivity contribution in [1.82, 2.24) is 9.88 Å². The number of primary amides is 1. The number of nitrogens with zero attached hydrogens (tertiary/aromatic N) is 3. The van der Waals surface area contributed by atoms with Gasteiger partial charge in [0.15, 0.2) is 0 Å². The first-order chi connectivity index (χ1) is 13.2. The molecule has 2 heterocycles. The summed E-state index contributed by atoms with van der Waals surface area (Å²) < 4.78 is 0. The third kappa shape index (κ3) is 3.59. The fourth-order valence-corrected chi connectivity index (χ4v) is 3.73. The van der Waals surface area contributed by atoms with Gasteiger partial charge in [-0.1, -0.05) is 12.1 Å². The van der Waals surface area contributed by atoms with Crippen molar-refractivity contribution in [1.29, 1.82) is 0 Å². The van der Waals surface area contributed by atoms with Gasteiger partial charge in [-0.25, -0.2) is 4.98 Å². The van der Waals surface area contributed by atoms with Gasteiger partial charge in [-0.2, -0.15) is 0 Å². The Labute approximate surface area is 166 Å². The average molecular weight is 380 g/mol. The second-order valence-electron chi connectivity index (χ2n) is 7.60. The average Bonchev–Trinajstić information content (AvgIpc) is 2.66. The number of piperazine rings is 1. The molecule has 6 nitrogen and oxygen atoms in total. The highest BCUT2D eigenvalue weighted by atomic mass is 16.2. The molecule has 0 atom stereocenters. The van der Waals surface area contributed by atoms with Crippen LogP contribution in [0, 0.1) is 34.6 Å². The zero-order valence-corrected chi connectivity index (χ0v) is 17.3. The molecule has 0 bridgehead atoms. The molecular weight excluding hydrogens is 352 g/mol. The van der Waals surface area contributed by atoms with Crippen LogP contribution in [0.15, 0.2) is 18.2 Å². The van der Waals surface area contributed by atoms with Crippen LogP contribution in [0.1, 0.15) is 48.7 Å². The number of rotatable bonds is 3. The Morgan fingerprint density at radius 3 is 2.18 bits per heavy atom. The molecule has 1 aromatic heterocycles. The molecule has 28 heavy (non-hydrogen) atoms. The Balaban J connectivity index is 1.81. The van der Waals surface area contributed by atoms with Gasteiger partial charge in [-0.15, -0.1) is 0 Å². The number of hydrogen-bond acceptors (Lipinski definition) is 4. The Bertz CT molecular complexity index is 944. The molecule has 2 N–H and O–H groups in total. The lowest BCUT2D eigenvalue weighted by atomic mass is 9.96. The molecular formula is C22H28N4O2. The number of carbonyl (C=O) groups is 2. The van der Waals surface area contributed by atoms with Crippen molar-refractivity contribution >= 4 is 17.6 Å². The van der Waals surface area contributed by atoms with E-state index in [0.29, 0.717) is 37.3 Å². The Kier molecular flexibility index (Phi) is 5.40. The molecule has 1 aromatic carbocycles. The number of anilines is 1. The second kappa shape index (κ2) is 7.62. The molecule has 0 spiro atoms. The predicted octanol–water partition coefficient (Wildman–Crippen LogP) is 2.69.